The van der Waals surface area contributed by atoms with Crippen LogP contribution in [0.25, 0.3) is 10.9 Å². The molecular formula is C9H6INO. The average Bonchev–Trinajstić information content (AvgIpc) is 2.12. The number of hydrogen-bond donors (Lipinski definition) is 1. The average molecular weight is 271 g/mol. The van der Waals surface area contributed by atoms with Gasteiger partial charge >= 0.3 is 0 Å². The second kappa shape index (κ2) is 2.90. The van der Waals surface area contributed by atoms with Gasteiger partial charge in [0.05, 0.1) is 9.09 Å². The monoisotopic (exact) mass is 271 g/mol. The van der Waals surface area contributed by atoms with Crippen molar-refractivity contribution >= 4 is 33.5 Å². The fourth-order valence-electron chi connectivity index (χ4n) is 1.10. The summed E-state index contributed by atoms with van der Waals surface area (Å²) >= 11 is 2.11. The zero-order valence-electron chi connectivity index (χ0n) is 6.16. The van der Waals surface area contributed by atoms with E-state index in [2.05, 4.69) is 27.6 Å². The number of nitrogens with zero attached hydrogens (tertiary/aromatic N) is 1. The highest BCUT2D eigenvalue weighted by molar-refractivity contribution is 14.1. The lowest BCUT2D eigenvalue weighted by atomic mass is 10.2. The molecule has 1 heterocycles. The Balaban J connectivity index is 2.91. The molecule has 12 heavy (non-hydrogen) atoms. The van der Waals surface area contributed by atoms with Crippen molar-refractivity contribution in [2.24, 2.45) is 0 Å². The van der Waals surface area contributed by atoms with Gasteiger partial charge < -0.3 is 5.11 Å². The summed E-state index contributed by atoms with van der Waals surface area (Å²) in [6.45, 7) is 0. The third kappa shape index (κ3) is 1.14. The summed E-state index contributed by atoms with van der Waals surface area (Å²) in [5.41, 5.74) is 0.916. The predicted molar refractivity (Wildman–Crippen MR) is 56.1 cm³/mol. The van der Waals surface area contributed by atoms with Crippen LogP contribution in [0, 0.1) is 3.57 Å². The van der Waals surface area contributed by atoms with Crippen LogP contribution in [0.2, 0.25) is 0 Å². The van der Waals surface area contributed by atoms with Crippen LogP contribution >= 0.6 is 22.6 Å². The van der Waals surface area contributed by atoms with Gasteiger partial charge in [-0.25, -0.2) is 0 Å². The number of pyridine rings is 1. The maximum atomic E-state index is 9.38. The van der Waals surface area contributed by atoms with E-state index in [4.69, 9.17) is 0 Å². The molecule has 0 atom stereocenters. The van der Waals surface area contributed by atoms with E-state index in [1.165, 1.54) is 0 Å². The first-order chi connectivity index (χ1) is 5.79. The minimum Gasteiger partial charge on any atom is -0.507 e. The Bertz CT molecular complexity index is 428. The van der Waals surface area contributed by atoms with E-state index in [1.54, 1.807) is 12.3 Å². The highest BCUT2D eigenvalue weighted by atomic mass is 127. The van der Waals surface area contributed by atoms with Gasteiger partial charge in [0.1, 0.15) is 5.75 Å². The molecule has 0 spiro atoms. The largest absolute Gasteiger partial charge is 0.507 e. The third-order valence-electron chi connectivity index (χ3n) is 1.70. The van der Waals surface area contributed by atoms with Crippen molar-refractivity contribution in [3.8, 4) is 5.75 Å². The van der Waals surface area contributed by atoms with Crippen LogP contribution in [0.5, 0.6) is 5.75 Å². The van der Waals surface area contributed by atoms with E-state index in [9.17, 15) is 5.11 Å². The smallest absolute Gasteiger partial charge is 0.129 e. The summed E-state index contributed by atoms with van der Waals surface area (Å²) in [5.74, 6) is 0.316. The highest BCUT2D eigenvalue weighted by Crippen LogP contribution is 2.26. The molecule has 1 aromatic heterocycles. The quantitative estimate of drug-likeness (QED) is 0.747. The van der Waals surface area contributed by atoms with Crippen molar-refractivity contribution in [2.45, 2.75) is 0 Å². The Morgan fingerprint density at radius 2 is 2.08 bits per heavy atom. The molecule has 0 radical (unpaired) electrons. The summed E-state index contributed by atoms with van der Waals surface area (Å²) in [5, 5.41) is 10.4. The van der Waals surface area contributed by atoms with E-state index in [0.717, 1.165) is 14.5 Å². The summed E-state index contributed by atoms with van der Waals surface area (Å²) in [7, 11) is 0. The number of fused-ring (bicyclic) bond motifs is 1. The first-order valence-electron chi connectivity index (χ1n) is 3.51. The van der Waals surface area contributed by atoms with Crippen LogP contribution < -0.4 is 0 Å². The van der Waals surface area contributed by atoms with Gasteiger partial charge in [-0.1, -0.05) is 6.07 Å². The van der Waals surface area contributed by atoms with E-state index in [0.29, 0.717) is 5.75 Å². The molecule has 0 unspecified atom stereocenters. The minimum absolute atomic E-state index is 0.316. The van der Waals surface area contributed by atoms with Crippen LogP contribution in [0.4, 0.5) is 0 Å². The minimum atomic E-state index is 0.316. The SMILES string of the molecule is Oc1ccc2ncccc2c1I. The molecule has 0 aliphatic carbocycles. The van der Waals surface area contributed by atoms with Crippen LogP contribution in [-0.4, -0.2) is 10.1 Å². The molecule has 60 valence electrons. The molecular weight excluding hydrogens is 265 g/mol. The van der Waals surface area contributed by atoms with E-state index < -0.39 is 0 Å². The van der Waals surface area contributed by atoms with Gasteiger partial charge in [-0.05, 0) is 40.8 Å². The van der Waals surface area contributed by atoms with Crippen molar-refractivity contribution in [2.75, 3.05) is 0 Å². The van der Waals surface area contributed by atoms with Gasteiger partial charge in [-0.2, -0.15) is 0 Å². The molecule has 1 aromatic carbocycles. The summed E-state index contributed by atoms with van der Waals surface area (Å²) < 4.78 is 0.859. The van der Waals surface area contributed by atoms with E-state index >= 15 is 0 Å². The predicted octanol–water partition coefficient (Wildman–Crippen LogP) is 2.55. The Hall–Kier alpha value is -0.840. The van der Waals surface area contributed by atoms with Gasteiger partial charge in [-0.3, -0.25) is 4.98 Å². The molecule has 1 N–H and O–H groups in total. The number of halogens is 1. The first kappa shape index (κ1) is 7.79. The maximum absolute atomic E-state index is 9.38. The normalized spacial score (nSPS) is 10.4. The topological polar surface area (TPSA) is 33.1 Å². The van der Waals surface area contributed by atoms with Crippen molar-refractivity contribution in [1.29, 1.82) is 0 Å². The Morgan fingerprint density at radius 1 is 1.25 bits per heavy atom. The lowest BCUT2D eigenvalue weighted by Gasteiger charge is -2.00. The Labute approximate surface area is 83.4 Å². The zero-order chi connectivity index (χ0) is 8.55. The molecule has 0 saturated carbocycles. The van der Waals surface area contributed by atoms with Gasteiger partial charge in [0.15, 0.2) is 0 Å². The van der Waals surface area contributed by atoms with Crippen LogP contribution in [0.1, 0.15) is 0 Å². The molecule has 2 nitrogen and oxygen atoms in total. The highest BCUT2D eigenvalue weighted by Gasteiger charge is 2.02. The molecule has 0 aliphatic heterocycles. The Morgan fingerprint density at radius 3 is 2.92 bits per heavy atom. The van der Waals surface area contributed by atoms with Gasteiger partial charge in [0.25, 0.3) is 0 Å². The van der Waals surface area contributed by atoms with Crippen molar-refractivity contribution in [3.05, 3.63) is 34.0 Å². The standard InChI is InChI=1S/C9H6INO/c10-9-6-2-1-5-11-7(6)3-4-8(9)12/h1-5,12H. The summed E-state index contributed by atoms with van der Waals surface area (Å²) in [4.78, 5) is 4.17. The van der Waals surface area contributed by atoms with E-state index in [-0.39, 0.29) is 0 Å². The van der Waals surface area contributed by atoms with Crippen molar-refractivity contribution in [1.82, 2.24) is 4.98 Å². The fraction of sp³-hybridized carbons (Fsp3) is 0. The molecule has 0 amide bonds. The van der Waals surface area contributed by atoms with Gasteiger partial charge in [-0.15, -0.1) is 0 Å². The van der Waals surface area contributed by atoms with Gasteiger partial charge in [0, 0.05) is 11.6 Å². The second-order valence-electron chi connectivity index (χ2n) is 2.47. The number of hydrogen-bond acceptors (Lipinski definition) is 2. The molecule has 3 heteroatoms. The van der Waals surface area contributed by atoms with Crippen LogP contribution in [0.3, 0.4) is 0 Å². The zero-order valence-corrected chi connectivity index (χ0v) is 8.32. The first-order valence-corrected chi connectivity index (χ1v) is 4.59. The molecule has 0 aliphatic rings. The number of benzene rings is 1. The number of phenols is 1. The van der Waals surface area contributed by atoms with Crippen molar-refractivity contribution < 1.29 is 5.11 Å². The molecule has 0 fully saturated rings. The molecule has 0 bridgehead atoms. The van der Waals surface area contributed by atoms with Crippen LogP contribution in [-0.2, 0) is 0 Å². The van der Waals surface area contributed by atoms with Crippen LogP contribution in [0.15, 0.2) is 30.5 Å². The number of rotatable bonds is 0. The number of phenolic OH excluding ortho intramolecular Hbond substituents is 1. The van der Waals surface area contributed by atoms with Gasteiger partial charge in [0.2, 0.25) is 0 Å². The van der Waals surface area contributed by atoms with Crippen molar-refractivity contribution in [3.63, 3.8) is 0 Å². The molecule has 0 saturated heterocycles. The maximum Gasteiger partial charge on any atom is 0.129 e. The summed E-state index contributed by atoms with van der Waals surface area (Å²) in [6, 6.07) is 7.29. The fourth-order valence-corrected chi connectivity index (χ4v) is 1.74. The lowest BCUT2D eigenvalue weighted by molar-refractivity contribution is 0.472. The third-order valence-corrected chi connectivity index (χ3v) is 2.83. The molecule has 2 rings (SSSR count). The number of aromatic hydroxyl groups is 1. The van der Waals surface area contributed by atoms with E-state index in [1.807, 2.05) is 18.2 Å². The summed E-state index contributed by atoms with van der Waals surface area (Å²) in [6.07, 6.45) is 1.75. The Kier molecular flexibility index (Phi) is 1.88. The second-order valence-corrected chi connectivity index (χ2v) is 3.55. The lowest BCUT2D eigenvalue weighted by Crippen LogP contribution is -1.81. The molecule has 2 aromatic rings. The number of aromatic nitrogens is 1.